The van der Waals surface area contributed by atoms with Crippen LogP contribution in [0.4, 0.5) is 0 Å². The molecule has 2 atom stereocenters. The fourth-order valence-electron chi connectivity index (χ4n) is 3.94. The molecule has 116 valence electrons. The van der Waals surface area contributed by atoms with Crippen molar-refractivity contribution in [1.29, 1.82) is 0 Å². The maximum absolute atomic E-state index is 6.22. The molecule has 1 aromatic rings. The van der Waals surface area contributed by atoms with Gasteiger partial charge >= 0.3 is 0 Å². The van der Waals surface area contributed by atoms with E-state index in [1.165, 1.54) is 24.0 Å². The number of rotatable bonds is 3. The zero-order valence-electron chi connectivity index (χ0n) is 13.3. The molecular weight excluding hydrogens is 282 g/mol. The highest BCUT2D eigenvalue weighted by Crippen LogP contribution is 2.46. The summed E-state index contributed by atoms with van der Waals surface area (Å²) in [5, 5.41) is 4.75. The van der Waals surface area contributed by atoms with E-state index in [4.69, 9.17) is 16.3 Å². The molecule has 2 unspecified atom stereocenters. The standard InChI is InChI=1S/C18H26ClNO/c1-12(13-6-8-21-9-7-13)20-17-16-10-15(19)5-4-14(16)11-18(17,2)3/h4-5,10,12-13,17,20H,6-9,11H2,1-3H3. The molecule has 1 aromatic carbocycles. The van der Waals surface area contributed by atoms with Gasteiger partial charge in [-0.1, -0.05) is 31.5 Å². The summed E-state index contributed by atoms with van der Waals surface area (Å²) < 4.78 is 5.49. The van der Waals surface area contributed by atoms with Crippen LogP contribution in [-0.2, 0) is 11.2 Å². The Morgan fingerprint density at radius 3 is 2.71 bits per heavy atom. The van der Waals surface area contributed by atoms with Gasteiger partial charge in [0, 0.05) is 30.3 Å². The second kappa shape index (κ2) is 5.91. The summed E-state index contributed by atoms with van der Waals surface area (Å²) in [6.45, 7) is 8.86. The van der Waals surface area contributed by atoms with E-state index in [-0.39, 0.29) is 5.41 Å². The normalized spacial score (nSPS) is 26.6. The van der Waals surface area contributed by atoms with Crippen molar-refractivity contribution in [2.75, 3.05) is 13.2 Å². The molecule has 2 aliphatic rings. The van der Waals surface area contributed by atoms with Crippen LogP contribution < -0.4 is 5.32 Å². The Labute approximate surface area is 133 Å². The largest absolute Gasteiger partial charge is 0.381 e. The summed E-state index contributed by atoms with van der Waals surface area (Å²) in [5.74, 6) is 0.720. The van der Waals surface area contributed by atoms with E-state index in [0.717, 1.165) is 30.6 Å². The topological polar surface area (TPSA) is 21.3 Å². The van der Waals surface area contributed by atoms with E-state index < -0.39 is 0 Å². The fourth-order valence-corrected chi connectivity index (χ4v) is 4.12. The Morgan fingerprint density at radius 2 is 2.00 bits per heavy atom. The van der Waals surface area contributed by atoms with Gasteiger partial charge in [-0.2, -0.15) is 0 Å². The Balaban J connectivity index is 1.78. The molecule has 1 N–H and O–H groups in total. The van der Waals surface area contributed by atoms with Crippen LogP contribution in [-0.4, -0.2) is 19.3 Å². The molecule has 3 rings (SSSR count). The molecule has 0 spiro atoms. The molecule has 0 saturated carbocycles. The van der Waals surface area contributed by atoms with E-state index in [1.54, 1.807) is 0 Å². The first kappa shape index (κ1) is 15.3. The van der Waals surface area contributed by atoms with Gasteiger partial charge in [-0.25, -0.2) is 0 Å². The van der Waals surface area contributed by atoms with E-state index in [0.29, 0.717) is 12.1 Å². The van der Waals surface area contributed by atoms with Gasteiger partial charge < -0.3 is 10.1 Å². The Morgan fingerprint density at radius 1 is 1.29 bits per heavy atom. The van der Waals surface area contributed by atoms with Crippen molar-refractivity contribution in [2.24, 2.45) is 11.3 Å². The number of benzene rings is 1. The van der Waals surface area contributed by atoms with E-state index in [1.807, 2.05) is 6.07 Å². The van der Waals surface area contributed by atoms with Crippen molar-refractivity contribution in [1.82, 2.24) is 5.32 Å². The van der Waals surface area contributed by atoms with Gasteiger partial charge in [0.05, 0.1) is 0 Å². The van der Waals surface area contributed by atoms with Crippen LogP contribution in [0.2, 0.25) is 5.02 Å². The predicted octanol–water partition coefficient (Wildman–Crippen LogP) is 4.37. The molecule has 21 heavy (non-hydrogen) atoms. The summed E-state index contributed by atoms with van der Waals surface area (Å²) in [6.07, 6.45) is 3.46. The quantitative estimate of drug-likeness (QED) is 0.895. The SMILES string of the molecule is CC(NC1c2cc(Cl)ccc2CC1(C)C)C1CCOCC1. The summed E-state index contributed by atoms with van der Waals surface area (Å²) in [6, 6.07) is 7.27. The molecule has 1 aliphatic heterocycles. The zero-order chi connectivity index (χ0) is 15.0. The molecule has 1 heterocycles. The Kier molecular flexibility index (Phi) is 4.31. The smallest absolute Gasteiger partial charge is 0.0469 e. The first-order valence-corrected chi connectivity index (χ1v) is 8.47. The van der Waals surface area contributed by atoms with Gasteiger partial charge in [0.25, 0.3) is 0 Å². The minimum atomic E-state index is 0.243. The number of hydrogen-bond donors (Lipinski definition) is 1. The monoisotopic (exact) mass is 307 g/mol. The fraction of sp³-hybridized carbons (Fsp3) is 0.667. The third-order valence-corrected chi connectivity index (χ3v) is 5.48. The van der Waals surface area contributed by atoms with Crippen molar-refractivity contribution in [3.05, 3.63) is 34.3 Å². The van der Waals surface area contributed by atoms with Crippen LogP contribution in [0, 0.1) is 11.3 Å². The molecular formula is C18H26ClNO. The van der Waals surface area contributed by atoms with Crippen molar-refractivity contribution in [2.45, 2.75) is 52.1 Å². The maximum Gasteiger partial charge on any atom is 0.0469 e. The van der Waals surface area contributed by atoms with Gasteiger partial charge in [0.1, 0.15) is 0 Å². The third kappa shape index (κ3) is 3.13. The average Bonchev–Trinajstić information content (AvgIpc) is 2.71. The molecule has 2 nitrogen and oxygen atoms in total. The predicted molar refractivity (Wildman–Crippen MR) is 87.8 cm³/mol. The minimum absolute atomic E-state index is 0.243. The molecule has 0 aromatic heterocycles. The second-order valence-corrected chi connectivity index (χ2v) is 7.78. The highest BCUT2D eigenvalue weighted by molar-refractivity contribution is 6.30. The van der Waals surface area contributed by atoms with Gasteiger partial charge in [0.15, 0.2) is 0 Å². The van der Waals surface area contributed by atoms with Crippen LogP contribution in [0.3, 0.4) is 0 Å². The summed E-state index contributed by atoms with van der Waals surface area (Å²) >= 11 is 6.22. The van der Waals surface area contributed by atoms with Crippen LogP contribution >= 0.6 is 11.6 Å². The maximum atomic E-state index is 6.22. The van der Waals surface area contributed by atoms with Gasteiger partial charge in [-0.05, 0) is 60.8 Å². The van der Waals surface area contributed by atoms with Crippen molar-refractivity contribution in [3.8, 4) is 0 Å². The number of nitrogens with one attached hydrogen (secondary N) is 1. The van der Waals surface area contributed by atoms with Gasteiger partial charge in [-0.15, -0.1) is 0 Å². The van der Waals surface area contributed by atoms with Crippen molar-refractivity contribution >= 4 is 11.6 Å². The lowest BCUT2D eigenvalue weighted by molar-refractivity contribution is 0.0516. The van der Waals surface area contributed by atoms with Crippen LogP contribution in [0.15, 0.2) is 18.2 Å². The molecule has 3 heteroatoms. The number of halogens is 1. The molecule has 1 fully saturated rings. The lowest BCUT2D eigenvalue weighted by atomic mass is 9.83. The summed E-state index contributed by atoms with van der Waals surface area (Å²) in [5.41, 5.74) is 3.08. The van der Waals surface area contributed by atoms with Crippen LogP contribution in [0.25, 0.3) is 0 Å². The highest BCUT2D eigenvalue weighted by atomic mass is 35.5. The Hall–Kier alpha value is -0.570. The van der Waals surface area contributed by atoms with Gasteiger partial charge in [-0.3, -0.25) is 0 Å². The Bertz CT molecular complexity index is 508. The average molecular weight is 308 g/mol. The van der Waals surface area contributed by atoms with E-state index >= 15 is 0 Å². The van der Waals surface area contributed by atoms with E-state index in [9.17, 15) is 0 Å². The molecule has 0 amide bonds. The number of ether oxygens (including phenoxy) is 1. The van der Waals surface area contributed by atoms with Crippen LogP contribution in [0.1, 0.15) is 50.8 Å². The molecule has 1 aliphatic carbocycles. The van der Waals surface area contributed by atoms with Gasteiger partial charge in [0.2, 0.25) is 0 Å². The lowest BCUT2D eigenvalue weighted by Crippen LogP contribution is -2.42. The third-order valence-electron chi connectivity index (χ3n) is 5.25. The highest BCUT2D eigenvalue weighted by Gasteiger charge is 2.40. The summed E-state index contributed by atoms with van der Waals surface area (Å²) in [4.78, 5) is 0. The lowest BCUT2D eigenvalue weighted by Gasteiger charge is -2.36. The zero-order valence-corrected chi connectivity index (χ0v) is 14.0. The number of hydrogen-bond acceptors (Lipinski definition) is 2. The van der Waals surface area contributed by atoms with Crippen molar-refractivity contribution in [3.63, 3.8) is 0 Å². The first-order chi connectivity index (χ1) is 9.97. The molecule has 0 radical (unpaired) electrons. The summed E-state index contributed by atoms with van der Waals surface area (Å²) in [7, 11) is 0. The second-order valence-electron chi connectivity index (χ2n) is 7.35. The van der Waals surface area contributed by atoms with Crippen LogP contribution in [0.5, 0.6) is 0 Å². The van der Waals surface area contributed by atoms with Crippen molar-refractivity contribution < 1.29 is 4.74 Å². The molecule has 1 saturated heterocycles. The first-order valence-electron chi connectivity index (χ1n) is 8.09. The minimum Gasteiger partial charge on any atom is -0.381 e. The van der Waals surface area contributed by atoms with E-state index in [2.05, 4.69) is 38.2 Å². The number of fused-ring (bicyclic) bond motifs is 1. The molecule has 0 bridgehead atoms.